The maximum atomic E-state index is 12.4. The largest absolute Gasteiger partial charge is 0.462 e. The molecule has 0 aliphatic rings. The topological polar surface area (TPSA) is 86.1 Å². The molecule has 1 heterocycles. The van der Waals surface area contributed by atoms with Crippen molar-refractivity contribution >= 4 is 64.3 Å². The van der Waals surface area contributed by atoms with Crippen molar-refractivity contribution in [3.63, 3.8) is 0 Å². The number of nitrogens with zero attached hydrogens (tertiary/aromatic N) is 3. The van der Waals surface area contributed by atoms with E-state index in [-0.39, 0.29) is 11.7 Å². The van der Waals surface area contributed by atoms with E-state index < -0.39 is 5.97 Å². The van der Waals surface area contributed by atoms with Gasteiger partial charge in [-0.3, -0.25) is 4.79 Å². The third-order valence-corrected chi connectivity index (χ3v) is 7.15. The number of carbonyl (C=O) groups excluding carboxylic acids is 2. The van der Waals surface area contributed by atoms with Crippen molar-refractivity contribution < 1.29 is 14.3 Å². The Morgan fingerprint density at radius 3 is 2.60 bits per heavy atom. The Labute approximate surface area is 222 Å². The number of hydrogen-bond donors (Lipinski definition) is 1. The fourth-order valence-corrected chi connectivity index (χ4v) is 5.26. The van der Waals surface area contributed by atoms with E-state index in [0.717, 1.165) is 11.4 Å². The fourth-order valence-electron chi connectivity index (χ4n) is 2.97. The van der Waals surface area contributed by atoms with Crippen LogP contribution in [0.1, 0.15) is 28.7 Å². The number of amides is 1. The molecular weight excluding hydrogens is 527 g/mol. The Morgan fingerprint density at radius 2 is 1.91 bits per heavy atom. The lowest BCUT2D eigenvalue weighted by Crippen LogP contribution is -2.15. The highest BCUT2D eigenvalue weighted by Crippen LogP contribution is 2.27. The van der Waals surface area contributed by atoms with Crippen LogP contribution in [-0.2, 0) is 27.6 Å². The number of rotatable bonds is 12. The fraction of sp³-hybridized carbons (Fsp3) is 0.250. The van der Waals surface area contributed by atoms with Gasteiger partial charge in [-0.1, -0.05) is 47.1 Å². The van der Waals surface area contributed by atoms with Crippen molar-refractivity contribution in [2.24, 2.45) is 0 Å². The third kappa shape index (κ3) is 8.03. The van der Waals surface area contributed by atoms with Crippen LogP contribution >= 0.6 is 46.7 Å². The van der Waals surface area contributed by atoms with Crippen molar-refractivity contribution in [2.45, 2.75) is 30.1 Å². The van der Waals surface area contributed by atoms with Gasteiger partial charge in [0.05, 0.1) is 23.7 Å². The molecule has 0 atom stereocenters. The van der Waals surface area contributed by atoms with Crippen LogP contribution in [0.25, 0.3) is 0 Å². The number of ether oxygens (including phenoxy) is 1. The van der Waals surface area contributed by atoms with Gasteiger partial charge >= 0.3 is 5.97 Å². The number of esters is 1. The zero-order valence-corrected chi connectivity index (χ0v) is 22.1. The molecule has 0 fully saturated rings. The minimum Gasteiger partial charge on any atom is -0.462 e. The number of thioether (sulfide) groups is 2. The van der Waals surface area contributed by atoms with Crippen LogP contribution in [0.4, 0.5) is 5.69 Å². The molecule has 7 nitrogen and oxygen atoms in total. The van der Waals surface area contributed by atoms with Crippen LogP contribution in [0.3, 0.4) is 0 Å². The smallest absolute Gasteiger partial charge is 0.338 e. The molecule has 11 heteroatoms. The van der Waals surface area contributed by atoms with Crippen LogP contribution in [0, 0.1) is 0 Å². The zero-order valence-electron chi connectivity index (χ0n) is 19.0. The number of hydrogen-bond acceptors (Lipinski definition) is 7. The molecule has 0 saturated carbocycles. The van der Waals surface area contributed by atoms with Gasteiger partial charge in [-0.15, -0.1) is 28.5 Å². The van der Waals surface area contributed by atoms with Crippen LogP contribution in [0.15, 0.2) is 60.3 Å². The lowest BCUT2D eigenvalue weighted by Gasteiger charge is -2.09. The molecule has 0 unspecified atom stereocenters. The molecule has 1 amide bonds. The van der Waals surface area contributed by atoms with Crippen molar-refractivity contribution in [1.29, 1.82) is 0 Å². The average Bonchev–Trinajstić information content (AvgIpc) is 3.21. The van der Waals surface area contributed by atoms with E-state index in [1.165, 1.54) is 11.8 Å². The molecule has 184 valence electrons. The first kappa shape index (κ1) is 27.1. The molecule has 2 aromatic carbocycles. The molecular formula is C24H24Cl2N4O3S2. The Balaban J connectivity index is 1.54. The Morgan fingerprint density at radius 1 is 1.14 bits per heavy atom. The van der Waals surface area contributed by atoms with E-state index in [0.29, 0.717) is 51.1 Å². The maximum Gasteiger partial charge on any atom is 0.338 e. The lowest BCUT2D eigenvalue weighted by atomic mass is 10.2. The average molecular weight is 552 g/mol. The Bertz CT molecular complexity index is 1190. The summed E-state index contributed by atoms with van der Waals surface area (Å²) in [5, 5.41) is 13.2. The van der Waals surface area contributed by atoms with Gasteiger partial charge < -0.3 is 14.6 Å². The lowest BCUT2D eigenvalue weighted by molar-refractivity contribution is -0.113. The van der Waals surface area contributed by atoms with Crippen molar-refractivity contribution in [3.8, 4) is 0 Å². The predicted octanol–water partition coefficient (Wildman–Crippen LogP) is 6.11. The molecule has 0 aliphatic carbocycles. The number of aromatic nitrogens is 3. The van der Waals surface area contributed by atoms with Gasteiger partial charge in [0.1, 0.15) is 5.82 Å². The maximum absolute atomic E-state index is 12.4. The first-order chi connectivity index (χ1) is 16.9. The normalized spacial score (nSPS) is 10.7. The minimum absolute atomic E-state index is 0.155. The number of nitrogens with one attached hydrogen (secondary N) is 1. The van der Waals surface area contributed by atoms with E-state index in [1.54, 1.807) is 55.1 Å². The van der Waals surface area contributed by atoms with Crippen LogP contribution in [-0.4, -0.2) is 39.0 Å². The van der Waals surface area contributed by atoms with Gasteiger partial charge in [0.2, 0.25) is 5.91 Å². The number of benzene rings is 2. The van der Waals surface area contributed by atoms with Crippen LogP contribution in [0.5, 0.6) is 0 Å². The molecule has 0 bridgehead atoms. The molecule has 0 aliphatic heterocycles. The summed E-state index contributed by atoms with van der Waals surface area (Å²) in [6, 6.07) is 12.0. The van der Waals surface area contributed by atoms with Crippen LogP contribution < -0.4 is 5.32 Å². The second kappa shape index (κ2) is 13.6. The minimum atomic E-state index is -0.396. The van der Waals surface area contributed by atoms with Gasteiger partial charge in [0, 0.05) is 28.0 Å². The molecule has 3 aromatic rings. The van der Waals surface area contributed by atoms with Crippen molar-refractivity contribution in [3.05, 3.63) is 82.1 Å². The van der Waals surface area contributed by atoms with E-state index >= 15 is 0 Å². The second-order valence-electron chi connectivity index (χ2n) is 7.16. The monoisotopic (exact) mass is 550 g/mol. The number of carbonyl (C=O) groups is 2. The SMILES string of the molecule is C=CCn1c(CSCc2ccc(Cl)cc2Cl)nnc1SCC(=O)Nc1ccc(C(=O)OCC)cc1. The molecule has 0 spiro atoms. The second-order valence-corrected chi connectivity index (χ2v) is 9.93. The zero-order chi connectivity index (χ0) is 25.2. The van der Waals surface area contributed by atoms with Gasteiger partial charge in [0.25, 0.3) is 0 Å². The standard InChI is InChI=1S/C24H24Cl2N4O3S2/c1-3-11-30-21(14-34-13-17-5-8-18(25)12-20(17)26)28-29-24(30)35-15-22(31)27-19-9-6-16(7-10-19)23(32)33-4-2/h3,5-10,12H,1,4,11,13-15H2,2H3,(H,27,31). The Kier molecular flexibility index (Phi) is 10.5. The first-order valence-electron chi connectivity index (χ1n) is 10.7. The molecule has 0 radical (unpaired) electrons. The van der Waals surface area contributed by atoms with Gasteiger partial charge in [-0.05, 0) is 48.9 Å². The summed E-state index contributed by atoms with van der Waals surface area (Å²) in [5.41, 5.74) is 2.02. The molecule has 35 heavy (non-hydrogen) atoms. The summed E-state index contributed by atoms with van der Waals surface area (Å²) in [7, 11) is 0. The van der Waals surface area contributed by atoms with Gasteiger partial charge in [-0.2, -0.15) is 0 Å². The summed E-state index contributed by atoms with van der Waals surface area (Å²) < 4.78 is 6.90. The summed E-state index contributed by atoms with van der Waals surface area (Å²) in [5.74, 6) is 1.68. The summed E-state index contributed by atoms with van der Waals surface area (Å²) in [6.45, 7) is 6.40. The van der Waals surface area contributed by atoms with E-state index in [4.69, 9.17) is 27.9 Å². The summed E-state index contributed by atoms with van der Waals surface area (Å²) in [4.78, 5) is 24.2. The highest BCUT2D eigenvalue weighted by molar-refractivity contribution is 7.99. The molecule has 1 N–H and O–H groups in total. The molecule has 3 rings (SSSR count). The first-order valence-corrected chi connectivity index (χ1v) is 13.5. The predicted molar refractivity (Wildman–Crippen MR) is 143 cm³/mol. The van der Waals surface area contributed by atoms with Crippen molar-refractivity contribution in [2.75, 3.05) is 17.7 Å². The molecule has 0 saturated heterocycles. The Hall–Kier alpha value is -2.46. The highest BCUT2D eigenvalue weighted by Gasteiger charge is 2.14. The highest BCUT2D eigenvalue weighted by atomic mass is 35.5. The third-order valence-electron chi connectivity index (χ3n) is 4.62. The van der Waals surface area contributed by atoms with Gasteiger partial charge in [0.15, 0.2) is 5.16 Å². The van der Waals surface area contributed by atoms with Crippen LogP contribution in [0.2, 0.25) is 10.0 Å². The number of allylic oxidation sites excluding steroid dienone is 1. The quantitative estimate of drug-likeness (QED) is 0.165. The van der Waals surface area contributed by atoms with Crippen molar-refractivity contribution in [1.82, 2.24) is 14.8 Å². The van der Waals surface area contributed by atoms with E-state index in [9.17, 15) is 9.59 Å². The van der Waals surface area contributed by atoms with E-state index in [1.807, 2.05) is 16.7 Å². The molecule has 1 aromatic heterocycles. The van der Waals surface area contributed by atoms with Gasteiger partial charge in [-0.25, -0.2) is 4.79 Å². The number of anilines is 1. The number of halogens is 2. The van der Waals surface area contributed by atoms with E-state index in [2.05, 4.69) is 22.1 Å². The summed E-state index contributed by atoms with van der Waals surface area (Å²) in [6.07, 6.45) is 1.77. The summed E-state index contributed by atoms with van der Waals surface area (Å²) >= 11 is 15.2.